The van der Waals surface area contributed by atoms with Crippen molar-refractivity contribution >= 4 is 0 Å². The van der Waals surface area contributed by atoms with Crippen LogP contribution in [0.5, 0.6) is 0 Å². The Balaban J connectivity index is 0. The summed E-state index contributed by atoms with van der Waals surface area (Å²) in [7, 11) is 0. The Morgan fingerprint density at radius 1 is 1.54 bits per heavy atom. The van der Waals surface area contributed by atoms with E-state index in [4.69, 9.17) is 3.87 Å². The summed E-state index contributed by atoms with van der Waals surface area (Å²) >= 11 is 2.31. The molecular weight excluding hydrogens is 207 g/mol. The van der Waals surface area contributed by atoms with Gasteiger partial charge in [0.05, 0.1) is 0 Å². The Bertz CT molecular complexity index is 98.3. The average molecular weight is 227 g/mol. The second kappa shape index (κ2) is 14.6. The van der Waals surface area contributed by atoms with Crippen LogP contribution in [-0.2, 0) is 19.5 Å². The third-order valence-electron chi connectivity index (χ3n) is 2.05. The van der Waals surface area contributed by atoms with Gasteiger partial charge < -0.3 is 12.5 Å². The van der Waals surface area contributed by atoms with Gasteiger partial charge in [0.25, 0.3) is 0 Å². The number of hydrogen-bond donors (Lipinski definition) is 0. The van der Waals surface area contributed by atoms with E-state index in [9.17, 15) is 0 Å². The first-order valence-corrected chi connectivity index (χ1v) is 5.18. The van der Waals surface area contributed by atoms with Crippen LogP contribution in [0.3, 0.4) is 0 Å². The van der Waals surface area contributed by atoms with E-state index in [1.165, 1.54) is 32.1 Å². The summed E-state index contributed by atoms with van der Waals surface area (Å²) in [6.45, 7) is 7.28. The molecule has 0 aromatic rings. The summed E-state index contributed by atoms with van der Waals surface area (Å²) in [5.41, 5.74) is 0. The van der Waals surface area contributed by atoms with Crippen LogP contribution in [0.1, 0.15) is 46.0 Å². The van der Waals surface area contributed by atoms with E-state index in [1.54, 1.807) is 6.92 Å². The summed E-state index contributed by atoms with van der Waals surface area (Å²) in [4.78, 5) is 0. The van der Waals surface area contributed by atoms with Crippen molar-refractivity contribution in [2.24, 2.45) is 5.92 Å². The van der Waals surface area contributed by atoms with Crippen LogP contribution in [0.25, 0.3) is 0 Å². The molecular formula is C11H20CoO-2. The summed E-state index contributed by atoms with van der Waals surface area (Å²) in [5, 5.41) is 0. The standard InChI is InChI=1S/C8H15.C3H5.Co.O/c1-2-8-6-4-3-5-7-8;1-3-2;;/h6,8H,2-5,7H2,1H3;1H2,2H3;;/q2*-1;;. The molecule has 0 N–H and O–H groups in total. The molecule has 13 heavy (non-hydrogen) atoms. The van der Waals surface area contributed by atoms with Gasteiger partial charge in [0, 0.05) is 0 Å². The summed E-state index contributed by atoms with van der Waals surface area (Å²) in [5.74, 6) is 0.962. The second-order valence-corrected chi connectivity index (χ2v) is 3.04. The second-order valence-electron chi connectivity index (χ2n) is 3.04. The van der Waals surface area contributed by atoms with Crippen LogP contribution in [0.4, 0.5) is 0 Å². The van der Waals surface area contributed by atoms with E-state index >= 15 is 0 Å². The zero-order valence-corrected chi connectivity index (χ0v) is 9.68. The van der Waals surface area contributed by atoms with Gasteiger partial charge in [-0.1, -0.05) is 32.6 Å². The first-order chi connectivity index (χ1) is 6.35. The predicted molar refractivity (Wildman–Crippen MR) is 51.8 cm³/mol. The van der Waals surface area contributed by atoms with Crippen LogP contribution >= 0.6 is 0 Å². The molecule has 1 saturated carbocycles. The van der Waals surface area contributed by atoms with Crippen LogP contribution in [0.15, 0.2) is 6.58 Å². The van der Waals surface area contributed by atoms with E-state index in [0.717, 1.165) is 5.92 Å². The number of hydrogen-bond acceptors (Lipinski definition) is 1. The summed E-state index contributed by atoms with van der Waals surface area (Å²) in [6, 6.07) is 0. The normalized spacial score (nSPS) is 20.1. The molecule has 1 rings (SSSR count). The summed E-state index contributed by atoms with van der Waals surface area (Å²) in [6.07, 6.45) is 12.1. The molecule has 1 atom stereocenters. The van der Waals surface area contributed by atoms with Crippen molar-refractivity contribution in [2.75, 3.05) is 0 Å². The molecule has 1 fully saturated rings. The van der Waals surface area contributed by atoms with Crippen LogP contribution in [0.2, 0.25) is 0 Å². The first kappa shape index (κ1) is 15.5. The molecule has 0 aromatic carbocycles. The van der Waals surface area contributed by atoms with Crippen molar-refractivity contribution in [1.82, 2.24) is 0 Å². The van der Waals surface area contributed by atoms with Gasteiger partial charge in [-0.05, 0) is 0 Å². The van der Waals surface area contributed by atoms with Gasteiger partial charge in [-0.25, -0.2) is 0 Å². The fraction of sp³-hybridized carbons (Fsp3) is 0.727. The van der Waals surface area contributed by atoms with Crippen molar-refractivity contribution in [3.05, 3.63) is 19.1 Å². The molecule has 1 aliphatic rings. The van der Waals surface area contributed by atoms with Gasteiger partial charge in [-0.15, -0.1) is 0 Å². The van der Waals surface area contributed by atoms with E-state index < -0.39 is 0 Å². The van der Waals surface area contributed by atoms with Gasteiger partial charge in [0.15, 0.2) is 0 Å². The third kappa shape index (κ3) is 12.0. The molecule has 0 heterocycles. The number of rotatable bonds is 1. The molecule has 0 radical (unpaired) electrons. The van der Waals surface area contributed by atoms with E-state index in [2.05, 4.69) is 41.7 Å². The fourth-order valence-corrected chi connectivity index (χ4v) is 1.39. The zero-order chi connectivity index (χ0) is 10.5. The van der Waals surface area contributed by atoms with Crippen LogP contribution < -0.4 is 0 Å². The van der Waals surface area contributed by atoms with Gasteiger partial charge >= 0.3 is 19.5 Å². The molecule has 1 nitrogen and oxygen atoms in total. The van der Waals surface area contributed by atoms with Crippen LogP contribution in [-0.4, -0.2) is 0 Å². The Labute approximate surface area is 90.8 Å². The summed E-state index contributed by atoms with van der Waals surface area (Å²) < 4.78 is 7.94. The molecule has 1 unspecified atom stereocenters. The van der Waals surface area contributed by atoms with Gasteiger partial charge in [0.1, 0.15) is 0 Å². The van der Waals surface area contributed by atoms with Crippen molar-refractivity contribution in [1.29, 1.82) is 0 Å². The Kier molecular flexibility index (Phi) is 17.4. The molecule has 81 valence electrons. The average Bonchev–Trinajstić information content (AvgIpc) is 2.23. The Morgan fingerprint density at radius 3 is 2.31 bits per heavy atom. The molecule has 0 spiro atoms. The van der Waals surface area contributed by atoms with E-state index in [-0.39, 0.29) is 0 Å². The molecule has 2 heteroatoms. The molecule has 0 aromatic heterocycles. The Morgan fingerprint density at radius 2 is 2.08 bits per heavy atom. The van der Waals surface area contributed by atoms with Crippen molar-refractivity contribution in [3.63, 3.8) is 0 Å². The monoisotopic (exact) mass is 227 g/mol. The van der Waals surface area contributed by atoms with Gasteiger partial charge in [-0.2, -0.15) is 19.3 Å². The topological polar surface area (TPSA) is 17.1 Å². The predicted octanol–water partition coefficient (Wildman–Crippen LogP) is 3.67. The SMILES string of the molecule is C=[C-]C.CCC1[CH-]CCCC1.[O]=[Co]. The van der Waals surface area contributed by atoms with Crippen LogP contribution in [0, 0.1) is 18.4 Å². The Hall–Kier alpha value is 0.0465. The van der Waals surface area contributed by atoms with Crippen molar-refractivity contribution < 1.29 is 19.5 Å². The van der Waals surface area contributed by atoms with Gasteiger partial charge in [-0.3, -0.25) is 6.58 Å². The maximum atomic E-state index is 7.94. The minimum absolute atomic E-state index is 0.962. The first-order valence-electron chi connectivity index (χ1n) is 4.75. The minimum atomic E-state index is 0.962. The molecule has 0 aliphatic heterocycles. The number of allylic oxidation sites excluding steroid dienone is 1. The molecule has 0 saturated heterocycles. The molecule has 0 amide bonds. The van der Waals surface area contributed by atoms with E-state index in [1.807, 2.05) is 0 Å². The van der Waals surface area contributed by atoms with Crippen molar-refractivity contribution in [2.45, 2.75) is 46.0 Å². The van der Waals surface area contributed by atoms with E-state index in [0.29, 0.717) is 0 Å². The molecule has 1 aliphatic carbocycles. The quantitative estimate of drug-likeness (QED) is 0.625. The van der Waals surface area contributed by atoms with Crippen molar-refractivity contribution in [3.8, 4) is 0 Å². The third-order valence-corrected chi connectivity index (χ3v) is 2.05. The fourth-order valence-electron chi connectivity index (χ4n) is 1.39. The maximum absolute atomic E-state index is 7.94. The molecule has 0 bridgehead atoms. The zero-order valence-electron chi connectivity index (χ0n) is 8.64. The van der Waals surface area contributed by atoms with Gasteiger partial charge in [0.2, 0.25) is 0 Å².